The zero-order chi connectivity index (χ0) is 26.3. The third-order valence-electron chi connectivity index (χ3n) is 5.75. The maximum Gasteiger partial charge on any atom is 0.244 e. The molecule has 2 atom stereocenters. The molecule has 0 spiro atoms. The van der Waals surface area contributed by atoms with Gasteiger partial charge in [-0.05, 0) is 56.5 Å². The molecule has 2 aromatic carbocycles. The van der Waals surface area contributed by atoms with Crippen molar-refractivity contribution in [2.24, 2.45) is 0 Å². The molecule has 0 radical (unpaired) electrons. The van der Waals surface area contributed by atoms with Crippen LogP contribution in [0.4, 0.5) is 5.69 Å². The van der Waals surface area contributed by atoms with E-state index in [-0.39, 0.29) is 24.2 Å². The number of halogens is 1. The van der Waals surface area contributed by atoms with Gasteiger partial charge in [-0.25, -0.2) is 8.42 Å². The third kappa shape index (κ3) is 7.60. The maximum absolute atomic E-state index is 13.6. The lowest BCUT2D eigenvalue weighted by Crippen LogP contribution is -2.52. The van der Waals surface area contributed by atoms with Crippen LogP contribution in [0.1, 0.15) is 38.3 Å². The van der Waals surface area contributed by atoms with Gasteiger partial charge in [0.25, 0.3) is 0 Å². The summed E-state index contributed by atoms with van der Waals surface area (Å²) in [6, 6.07) is 11.2. The predicted octanol–water partition coefficient (Wildman–Crippen LogP) is 3.76. The zero-order valence-electron chi connectivity index (χ0n) is 21.0. The van der Waals surface area contributed by atoms with E-state index in [4.69, 9.17) is 16.3 Å². The van der Waals surface area contributed by atoms with E-state index in [1.165, 1.54) is 12.0 Å². The predicted molar refractivity (Wildman–Crippen MR) is 139 cm³/mol. The van der Waals surface area contributed by atoms with Crippen molar-refractivity contribution in [3.05, 3.63) is 58.6 Å². The topological polar surface area (TPSA) is 96.0 Å². The molecule has 10 heteroatoms. The Morgan fingerprint density at radius 1 is 1.14 bits per heavy atom. The molecule has 0 bridgehead atoms. The third-order valence-corrected chi connectivity index (χ3v) is 7.24. The second kappa shape index (κ2) is 12.3. The van der Waals surface area contributed by atoms with Crippen LogP contribution >= 0.6 is 11.6 Å². The van der Waals surface area contributed by atoms with E-state index in [2.05, 4.69) is 5.32 Å². The summed E-state index contributed by atoms with van der Waals surface area (Å²) < 4.78 is 31.9. The number of nitrogens with one attached hydrogen (secondary N) is 1. The van der Waals surface area contributed by atoms with Crippen LogP contribution < -0.4 is 14.4 Å². The van der Waals surface area contributed by atoms with Crippen LogP contribution in [-0.4, -0.2) is 57.1 Å². The molecule has 0 unspecified atom stereocenters. The Kier molecular flexibility index (Phi) is 9.97. The van der Waals surface area contributed by atoms with Crippen LogP contribution in [-0.2, 0) is 26.2 Å². The van der Waals surface area contributed by atoms with Crippen molar-refractivity contribution in [1.82, 2.24) is 10.2 Å². The van der Waals surface area contributed by atoms with Crippen molar-refractivity contribution in [2.75, 3.05) is 24.2 Å². The van der Waals surface area contributed by atoms with E-state index in [1.807, 2.05) is 20.8 Å². The van der Waals surface area contributed by atoms with E-state index in [0.29, 0.717) is 16.3 Å². The van der Waals surface area contributed by atoms with Gasteiger partial charge in [0.15, 0.2) is 0 Å². The van der Waals surface area contributed by atoms with E-state index >= 15 is 0 Å². The monoisotopic (exact) mass is 523 g/mol. The number of carbonyl (C=O) groups excluding carboxylic acids is 2. The second-order valence-corrected chi connectivity index (χ2v) is 10.9. The zero-order valence-corrected chi connectivity index (χ0v) is 22.6. The standard InChI is InChI=1S/C25H34ClN3O5S/c1-7-18(3)27-25(31)19(4)28(15-20-10-8-9-11-21(20)26)24(30)16-29(35(6,32)33)22-14-17(2)12-13-23(22)34-5/h8-14,18-19H,7,15-16H2,1-6H3,(H,27,31)/t18-,19-/m1/s1. The fourth-order valence-electron chi connectivity index (χ4n) is 3.45. The molecular formula is C25H34ClN3O5S. The first-order valence-corrected chi connectivity index (χ1v) is 13.6. The van der Waals surface area contributed by atoms with E-state index in [9.17, 15) is 18.0 Å². The molecule has 0 saturated carbocycles. The summed E-state index contributed by atoms with van der Waals surface area (Å²) in [6.45, 7) is 6.78. The number of benzene rings is 2. The number of anilines is 1. The van der Waals surface area contributed by atoms with Crippen molar-refractivity contribution in [1.29, 1.82) is 0 Å². The lowest BCUT2D eigenvalue weighted by molar-refractivity contribution is -0.139. The number of nitrogens with zero attached hydrogens (tertiary/aromatic N) is 2. The van der Waals surface area contributed by atoms with Gasteiger partial charge in [-0.15, -0.1) is 0 Å². The number of sulfonamides is 1. The van der Waals surface area contributed by atoms with Crippen LogP contribution in [0.3, 0.4) is 0 Å². The summed E-state index contributed by atoms with van der Waals surface area (Å²) >= 11 is 6.33. The van der Waals surface area contributed by atoms with Crippen molar-refractivity contribution >= 4 is 39.1 Å². The van der Waals surface area contributed by atoms with Gasteiger partial charge < -0.3 is 15.0 Å². The normalized spacial score (nSPS) is 13.0. The van der Waals surface area contributed by atoms with Gasteiger partial charge in [0.05, 0.1) is 19.1 Å². The Morgan fingerprint density at radius 2 is 1.80 bits per heavy atom. The highest BCUT2D eigenvalue weighted by molar-refractivity contribution is 7.92. The molecule has 0 fully saturated rings. The number of methoxy groups -OCH3 is 1. The maximum atomic E-state index is 13.6. The molecule has 8 nitrogen and oxygen atoms in total. The number of amides is 2. The minimum atomic E-state index is -3.87. The van der Waals surface area contributed by atoms with Crippen molar-refractivity contribution in [3.63, 3.8) is 0 Å². The van der Waals surface area contributed by atoms with Crippen molar-refractivity contribution in [2.45, 2.75) is 52.7 Å². The van der Waals surface area contributed by atoms with Gasteiger partial charge in [-0.2, -0.15) is 0 Å². The molecule has 0 aliphatic heterocycles. The summed E-state index contributed by atoms with van der Waals surface area (Å²) in [5.41, 5.74) is 1.69. The van der Waals surface area contributed by atoms with Crippen LogP contribution in [0.25, 0.3) is 0 Å². The van der Waals surface area contributed by atoms with Crippen LogP contribution in [0.2, 0.25) is 5.02 Å². The average molecular weight is 524 g/mol. The number of ether oxygens (including phenoxy) is 1. The Labute approximate surface area is 213 Å². The van der Waals surface area contributed by atoms with Crippen molar-refractivity contribution < 1.29 is 22.7 Å². The smallest absolute Gasteiger partial charge is 0.244 e. The van der Waals surface area contributed by atoms with Gasteiger partial charge in [-0.1, -0.05) is 42.8 Å². The van der Waals surface area contributed by atoms with Crippen LogP contribution in [0.5, 0.6) is 5.75 Å². The molecule has 0 aliphatic carbocycles. The second-order valence-electron chi connectivity index (χ2n) is 8.55. The fourth-order valence-corrected chi connectivity index (χ4v) is 4.49. The largest absolute Gasteiger partial charge is 0.495 e. The van der Waals surface area contributed by atoms with E-state index in [1.54, 1.807) is 49.4 Å². The Balaban J connectivity index is 2.47. The number of aryl methyl sites for hydroxylation is 1. The molecule has 192 valence electrons. The Morgan fingerprint density at radius 3 is 2.37 bits per heavy atom. The molecule has 2 rings (SSSR count). The highest BCUT2D eigenvalue weighted by atomic mass is 35.5. The van der Waals surface area contributed by atoms with E-state index < -0.39 is 28.5 Å². The highest BCUT2D eigenvalue weighted by Crippen LogP contribution is 2.31. The molecular weight excluding hydrogens is 490 g/mol. The molecule has 0 heterocycles. The van der Waals surface area contributed by atoms with Gasteiger partial charge in [-0.3, -0.25) is 13.9 Å². The first-order valence-electron chi connectivity index (χ1n) is 11.3. The lowest BCUT2D eigenvalue weighted by Gasteiger charge is -2.32. The molecule has 1 N–H and O–H groups in total. The van der Waals surface area contributed by atoms with Crippen LogP contribution in [0, 0.1) is 6.92 Å². The minimum Gasteiger partial charge on any atom is -0.495 e. The number of hydrogen-bond donors (Lipinski definition) is 1. The Bertz CT molecular complexity index is 1160. The number of rotatable bonds is 11. The quantitative estimate of drug-likeness (QED) is 0.484. The van der Waals surface area contributed by atoms with Gasteiger partial charge in [0, 0.05) is 17.6 Å². The molecule has 35 heavy (non-hydrogen) atoms. The Hall–Kier alpha value is -2.78. The lowest BCUT2D eigenvalue weighted by atomic mass is 10.1. The summed E-state index contributed by atoms with van der Waals surface area (Å²) in [7, 11) is -2.43. The van der Waals surface area contributed by atoms with Crippen LogP contribution in [0.15, 0.2) is 42.5 Å². The van der Waals surface area contributed by atoms with Crippen molar-refractivity contribution in [3.8, 4) is 5.75 Å². The summed E-state index contributed by atoms with van der Waals surface area (Å²) in [5.74, 6) is -0.571. The van der Waals surface area contributed by atoms with Gasteiger partial charge in [0.2, 0.25) is 21.8 Å². The van der Waals surface area contributed by atoms with Gasteiger partial charge in [0.1, 0.15) is 18.3 Å². The highest BCUT2D eigenvalue weighted by Gasteiger charge is 2.31. The average Bonchev–Trinajstić information content (AvgIpc) is 2.80. The van der Waals surface area contributed by atoms with E-state index in [0.717, 1.165) is 22.5 Å². The molecule has 2 aromatic rings. The van der Waals surface area contributed by atoms with Gasteiger partial charge >= 0.3 is 0 Å². The number of hydrogen-bond acceptors (Lipinski definition) is 5. The molecule has 0 aromatic heterocycles. The molecule has 2 amide bonds. The molecule has 0 aliphatic rings. The first-order chi connectivity index (χ1) is 16.4. The summed E-state index contributed by atoms with van der Waals surface area (Å²) in [6.07, 6.45) is 1.76. The molecule has 0 saturated heterocycles. The number of carbonyl (C=O) groups is 2. The first kappa shape index (κ1) is 28.5. The summed E-state index contributed by atoms with van der Waals surface area (Å²) in [5, 5.41) is 3.33. The SMILES string of the molecule is CC[C@@H](C)NC(=O)[C@@H](C)N(Cc1ccccc1Cl)C(=O)CN(c1cc(C)ccc1OC)S(C)(=O)=O. The minimum absolute atomic E-state index is 0.0379. The fraction of sp³-hybridized carbons (Fsp3) is 0.440. The summed E-state index contributed by atoms with van der Waals surface area (Å²) in [4.78, 5) is 27.9.